The Balaban J connectivity index is 1.36. The minimum Gasteiger partial charge on any atom is -0.415 e. The van der Waals surface area contributed by atoms with Crippen molar-refractivity contribution in [2.45, 2.75) is 28.8 Å². The zero-order valence-corrected chi connectivity index (χ0v) is 16.1. The van der Waals surface area contributed by atoms with E-state index < -0.39 is 0 Å². The normalized spacial score (nSPS) is 11.3. The number of aryl methyl sites for hydroxylation is 1. The first kappa shape index (κ1) is 17.3. The maximum absolute atomic E-state index is 6.15. The summed E-state index contributed by atoms with van der Waals surface area (Å²) < 4.78 is 7.31. The zero-order chi connectivity index (χ0) is 17.9. The van der Waals surface area contributed by atoms with E-state index in [1.165, 1.54) is 23.5 Å². The molecule has 0 spiro atoms. The molecule has 0 aliphatic rings. The van der Waals surface area contributed by atoms with E-state index in [-0.39, 0.29) is 0 Å². The Morgan fingerprint density at radius 3 is 2.85 bits per heavy atom. The van der Waals surface area contributed by atoms with Crippen LogP contribution in [0.2, 0.25) is 5.02 Å². The van der Waals surface area contributed by atoms with Crippen LogP contribution in [0.25, 0.3) is 5.78 Å². The van der Waals surface area contributed by atoms with Gasteiger partial charge in [0, 0.05) is 22.7 Å². The molecule has 0 unspecified atom stereocenters. The van der Waals surface area contributed by atoms with E-state index in [1.807, 2.05) is 43.5 Å². The lowest BCUT2D eigenvalue weighted by molar-refractivity contribution is 0.426. The van der Waals surface area contributed by atoms with Crippen LogP contribution < -0.4 is 0 Å². The third kappa shape index (κ3) is 4.00. The maximum Gasteiger partial charge on any atom is 0.276 e. The quantitative estimate of drug-likeness (QED) is 0.445. The van der Waals surface area contributed by atoms with Crippen LogP contribution in [0.3, 0.4) is 0 Å². The molecule has 3 aromatic heterocycles. The van der Waals surface area contributed by atoms with E-state index >= 15 is 0 Å². The first-order valence-corrected chi connectivity index (χ1v) is 10.0. The molecule has 0 amide bonds. The fourth-order valence-corrected chi connectivity index (χ4v) is 3.87. The van der Waals surface area contributed by atoms with E-state index in [1.54, 1.807) is 4.52 Å². The second-order valence-corrected chi connectivity index (χ2v) is 7.61. The predicted octanol–water partition coefficient (Wildman–Crippen LogP) is 4.05. The SMILES string of the molecule is Cc1ccn2nc(SCc3nnc(SCc4ccccc4Cl)o3)nc2n1. The molecule has 7 nitrogen and oxygen atoms in total. The van der Waals surface area contributed by atoms with Crippen LogP contribution in [-0.2, 0) is 11.5 Å². The summed E-state index contributed by atoms with van der Waals surface area (Å²) in [5, 5.41) is 14.3. The van der Waals surface area contributed by atoms with Gasteiger partial charge in [0.25, 0.3) is 11.0 Å². The van der Waals surface area contributed by atoms with Gasteiger partial charge in [-0.3, -0.25) is 0 Å². The van der Waals surface area contributed by atoms with Crippen LogP contribution in [0.4, 0.5) is 0 Å². The summed E-state index contributed by atoms with van der Waals surface area (Å²) in [5.41, 5.74) is 1.93. The van der Waals surface area contributed by atoms with Crippen molar-refractivity contribution in [3.05, 3.63) is 58.7 Å². The van der Waals surface area contributed by atoms with Crippen molar-refractivity contribution in [3.8, 4) is 0 Å². The van der Waals surface area contributed by atoms with Crippen LogP contribution in [0.1, 0.15) is 17.1 Å². The smallest absolute Gasteiger partial charge is 0.276 e. The first-order chi connectivity index (χ1) is 12.7. The standard InChI is InChI=1S/C16H13ClN6OS2/c1-10-6-7-23-14(18-10)19-15(22-23)25-9-13-20-21-16(24-13)26-8-11-4-2-3-5-12(11)17/h2-7H,8-9H2,1H3. The number of halogens is 1. The summed E-state index contributed by atoms with van der Waals surface area (Å²) in [4.78, 5) is 8.70. The summed E-state index contributed by atoms with van der Waals surface area (Å²) in [6, 6.07) is 9.59. The minimum atomic E-state index is 0.496. The molecule has 0 fully saturated rings. The van der Waals surface area contributed by atoms with Crippen LogP contribution >= 0.6 is 35.1 Å². The summed E-state index contributed by atoms with van der Waals surface area (Å²) in [5.74, 6) is 2.27. The van der Waals surface area contributed by atoms with Gasteiger partial charge < -0.3 is 4.42 Å². The molecule has 4 aromatic rings. The summed E-state index contributed by atoms with van der Waals surface area (Å²) in [7, 11) is 0. The van der Waals surface area contributed by atoms with E-state index in [0.29, 0.717) is 33.6 Å². The van der Waals surface area contributed by atoms with E-state index in [4.69, 9.17) is 16.0 Å². The number of rotatable bonds is 6. The molecule has 0 saturated carbocycles. The molecule has 3 heterocycles. The molecule has 0 radical (unpaired) electrons. The topological polar surface area (TPSA) is 82.0 Å². The summed E-state index contributed by atoms with van der Waals surface area (Å²) in [6.07, 6.45) is 1.84. The fourth-order valence-electron chi connectivity index (χ4n) is 2.14. The molecular weight excluding hydrogens is 392 g/mol. The Morgan fingerprint density at radius 1 is 1.08 bits per heavy atom. The largest absolute Gasteiger partial charge is 0.415 e. The first-order valence-electron chi connectivity index (χ1n) is 7.69. The highest BCUT2D eigenvalue weighted by Crippen LogP contribution is 2.27. The van der Waals surface area contributed by atoms with Gasteiger partial charge in [-0.25, -0.2) is 9.50 Å². The van der Waals surface area contributed by atoms with Gasteiger partial charge in [0.05, 0.1) is 5.75 Å². The highest BCUT2D eigenvalue weighted by Gasteiger charge is 2.11. The van der Waals surface area contributed by atoms with Gasteiger partial charge in [-0.15, -0.1) is 15.3 Å². The van der Waals surface area contributed by atoms with Crippen molar-refractivity contribution >= 4 is 40.9 Å². The average Bonchev–Trinajstić information content (AvgIpc) is 3.25. The van der Waals surface area contributed by atoms with Gasteiger partial charge in [-0.1, -0.05) is 53.3 Å². The Bertz CT molecular complexity index is 1050. The van der Waals surface area contributed by atoms with Gasteiger partial charge in [-0.05, 0) is 24.6 Å². The van der Waals surface area contributed by atoms with Crippen molar-refractivity contribution in [1.29, 1.82) is 0 Å². The van der Waals surface area contributed by atoms with Crippen molar-refractivity contribution < 1.29 is 4.42 Å². The zero-order valence-electron chi connectivity index (χ0n) is 13.7. The number of hydrogen-bond donors (Lipinski definition) is 0. The van der Waals surface area contributed by atoms with Gasteiger partial charge in [0.2, 0.25) is 11.0 Å². The number of hydrogen-bond acceptors (Lipinski definition) is 8. The van der Waals surface area contributed by atoms with Crippen LogP contribution in [0, 0.1) is 6.92 Å². The Hall–Kier alpha value is -2.10. The number of fused-ring (bicyclic) bond motifs is 1. The molecule has 0 saturated heterocycles. The number of thioether (sulfide) groups is 2. The Labute approximate surface area is 162 Å². The fraction of sp³-hybridized carbons (Fsp3) is 0.188. The summed E-state index contributed by atoms with van der Waals surface area (Å²) in [6.45, 7) is 1.92. The highest BCUT2D eigenvalue weighted by molar-refractivity contribution is 7.98. The van der Waals surface area contributed by atoms with Crippen LogP contribution in [-0.4, -0.2) is 29.8 Å². The number of aromatic nitrogens is 6. The molecule has 0 aliphatic heterocycles. The molecule has 0 aliphatic carbocycles. The molecule has 1 aromatic carbocycles. The van der Waals surface area contributed by atoms with Crippen molar-refractivity contribution in [2.75, 3.05) is 0 Å². The van der Waals surface area contributed by atoms with Crippen LogP contribution in [0.15, 0.2) is 51.3 Å². The predicted molar refractivity (Wildman–Crippen MR) is 100 cm³/mol. The summed E-state index contributed by atoms with van der Waals surface area (Å²) >= 11 is 9.03. The molecule has 0 bridgehead atoms. The van der Waals surface area contributed by atoms with Crippen molar-refractivity contribution in [1.82, 2.24) is 29.8 Å². The van der Waals surface area contributed by atoms with Crippen LogP contribution in [0.5, 0.6) is 0 Å². The number of benzene rings is 1. The second-order valence-electron chi connectivity index (χ2n) is 5.34. The van der Waals surface area contributed by atoms with Gasteiger partial charge >= 0.3 is 0 Å². The van der Waals surface area contributed by atoms with Crippen molar-refractivity contribution in [2.24, 2.45) is 0 Å². The average molecular weight is 405 g/mol. The monoisotopic (exact) mass is 404 g/mol. The van der Waals surface area contributed by atoms with Gasteiger partial charge in [-0.2, -0.15) is 4.98 Å². The lowest BCUT2D eigenvalue weighted by Gasteiger charge is -2.00. The Kier molecular flexibility index (Phi) is 5.09. The second kappa shape index (κ2) is 7.65. The highest BCUT2D eigenvalue weighted by atomic mass is 35.5. The van der Waals surface area contributed by atoms with E-state index in [9.17, 15) is 0 Å². The maximum atomic E-state index is 6.15. The molecule has 0 atom stereocenters. The third-order valence-electron chi connectivity index (χ3n) is 3.41. The van der Waals surface area contributed by atoms with Gasteiger partial charge in [0.15, 0.2) is 0 Å². The molecule has 0 N–H and O–H groups in total. The number of nitrogens with zero attached hydrogens (tertiary/aromatic N) is 6. The van der Waals surface area contributed by atoms with Gasteiger partial charge in [0.1, 0.15) is 0 Å². The lowest BCUT2D eigenvalue weighted by atomic mass is 10.2. The Morgan fingerprint density at radius 2 is 1.96 bits per heavy atom. The molecule has 4 rings (SSSR count). The lowest BCUT2D eigenvalue weighted by Crippen LogP contribution is -1.90. The van der Waals surface area contributed by atoms with E-state index in [0.717, 1.165) is 16.3 Å². The van der Waals surface area contributed by atoms with Crippen molar-refractivity contribution in [3.63, 3.8) is 0 Å². The third-order valence-corrected chi connectivity index (χ3v) is 5.47. The molecule has 10 heteroatoms. The molecular formula is C16H13ClN6OS2. The van der Waals surface area contributed by atoms with E-state index in [2.05, 4.69) is 25.3 Å². The minimum absolute atomic E-state index is 0.496. The molecule has 26 heavy (non-hydrogen) atoms. The molecule has 132 valence electrons.